The highest BCUT2D eigenvalue weighted by atomic mass is 32.2. The molecule has 5 heteroatoms. The highest BCUT2D eigenvalue weighted by molar-refractivity contribution is 8.14. The second kappa shape index (κ2) is 4.31. The zero-order valence-corrected chi connectivity index (χ0v) is 9.81. The van der Waals surface area contributed by atoms with E-state index in [0.717, 1.165) is 6.42 Å². The lowest BCUT2D eigenvalue weighted by atomic mass is 9.96. The van der Waals surface area contributed by atoms with Gasteiger partial charge in [0.25, 0.3) is 5.91 Å². The van der Waals surface area contributed by atoms with Crippen LogP contribution in [0.1, 0.15) is 34.1 Å². The number of rotatable bonds is 1. The maximum absolute atomic E-state index is 11.5. The molecule has 0 aromatic rings. The number of nitrogens with zero attached hydrogens (tertiary/aromatic N) is 2. The Morgan fingerprint density at radius 3 is 2.71 bits per heavy atom. The lowest BCUT2D eigenvalue weighted by molar-refractivity contribution is -0.124. The van der Waals surface area contributed by atoms with Gasteiger partial charge < -0.3 is 0 Å². The van der Waals surface area contributed by atoms with Gasteiger partial charge in [0.05, 0.1) is 5.37 Å². The van der Waals surface area contributed by atoms with E-state index in [-0.39, 0.29) is 11.3 Å². The molecule has 1 rings (SSSR count). The molecular weight excluding hydrogens is 198 g/mol. The van der Waals surface area contributed by atoms with Crippen molar-refractivity contribution in [3.63, 3.8) is 0 Å². The SMILES string of the molecule is CCC1N[N]C(=NC(=O)C(C)(C)C)S1. The fourth-order valence-electron chi connectivity index (χ4n) is 0.788. The normalized spacial score (nSPS) is 25.1. The molecule has 1 saturated heterocycles. The average Bonchev–Trinajstić information content (AvgIpc) is 2.50. The van der Waals surface area contributed by atoms with E-state index in [2.05, 4.69) is 22.8 Å². The zero-order valence-electron chi connectivity index (χ0n) is 9.00. The molecule has 0 aliphatic carbocycles. The van der Waals surface area contributed by atoms with Crippen LogP contribution in [0.5, 0.6) is 0 Å². The van der Waals surface area contributed by atoms with E-state index in [1.807, 2.05) is 20.8 Å². The number of amides is 1. The lowest BCUT2D eigenvalue weighted by Gasteiger charge is -2.11. The number of carbonyl (C=O) groups is 1. The maximum Gasteiger partial charge on any atom is 0.253 e. The van der Waals surface area contributed by atoms with Gasteiger partial charge in [-0.2, -0.15) is 15.8 Å². The van der Waals surface area contributed by atoms with Crippen LogP contribution in [0.3, 0.4) is 0 Å². The topological polar surface area (TPSA) is 55.6 Å². The summed E-state index contributed by atoms with van der Waals surface area (Å²) in [5.74, 6) is -0.123. The van der Waals surface area contributed by atoms with E-state index in [1.165, 1.54) is 11.8 Å². The van der Waals surface area contributed by atoms with Crippen LogP contribution < -0.4 is 10.9 Å². The summed E-state index contributed by atoms with van der Waals surface area (Å²) in [5.41, 5.74) is 6.48. The van der Waals surface area contributed by atoms with E-state index in [0.29, 0.717) is 5.17 Å². The van der Waals surface area contributed by atoms with Gasteiger partial charge in [-0.3, -0.25) is 4.79 Å². The van der Waals surface area contributed by atoms with E-state index in [1.54, 1.807) is 0 Å². The summed E-state index contributed by atoms with van der Waals surface area (Å²) in [6.45, 7) is 7.62. The highest BCUT2D eigenvalue weighted by Crippen LogP contribution is 2.21. The Morgan fingerprint density at radius 2 is 2.29 bits per heavy atom. The molecular formula is C9H16N3OS. The fourth-order valence-corrected chi connectivity index (χ4v) is 1.56. The summed E-state index contributed by atoms with van der Waals surface area (Å²) in [6.07, 6.45) is 0.969. The van der Waals surface area contributed by atoms with Crippen LogP contribution >= 0.6 is 11.8 Å². The van der Waals surface area contributed by atoms with Crippen molar-refractivity contribution in [1.29, 1.82) is 0 Å². The molecule has 1 heterocycles. The predicted octanol–water partition coefficient (Wildman–Crippen LogP) is 1.51. The molecule has 1 unspecified atom stereocenters. The first kappa shape index (κ1) is 11.5. The predicted molar refractivity (Wildman–Crippen MR) is 58.8 cm³/mol. The largest absolute Gasteiger partial charge is 0.272 e. The Kier molecular flexibility index (Phi) is 3.55. The van der Waals surface area contributed by atoms with Crippen molar-refractivity contribution in [2.45, 2.75) is 39.5 Å². The van der Waals surface area contributed by atoms with Gasteiger partial charge in [-0.15, -0.1) is 0 Å². The summed E-state index contributed by atoms with van der Waals surface area (Å²) >= 11 is 1.51. The molecule has 1 fully saturated rings. The Hall–Kier alpha value is -0.550. The second-order valence-electron chi connectivity index (χ2n) is 4.21. The minimum absolute atomic E-state index is 0.123. The molecule has 79 valence electrons. The number of amidine groups is 1. The molecule has 0 aromatic carbocycles. The van der Waals surface area contributed by atoms with Gasteiger partial charge in [0, 0.05) is 5.41 Å². The van der Waals surface area contributed by atoms with Crippen molar-refractivity contribution in [2.75, 3.05) is 0 Å². The summed E-state index contributed by atoms with van der Waals surface area (Å²) in [6, 6.07) is 0. The Balaban J connectivity index is 2.59. The van der Waals surface area contributed by atoms with Crippen molar-refractivity contribution in [3.8, 4) is 0 Å². The van der Waals surface area contributed by atoms with Gasteiger partial charge in [-0.05, 0) is 6.42 Å². The van der Waals surface area contributed by atoms with Gasteiger partial charge >= 0.3 is 0 Å². The number of aliphatic imine (C=N–C) groups is 1. The van der Waals surface area contributed by atoms with Crippen molar-refractivity contribution < 1.29 is 4.79 Å². The minimum atomic E-state index is -0.423. The Bertz CT molecular complexity index is 257. The third-order valence-electron chi connectivity index (χ3n) is 1.76. The van der Waals surface area contributed by atoms with Crippen molar-refractivity contribution in [1.82, 2.24) is 10.9 Å². The van der Waals surface area contributed by atoms with Crippen molar-refractivity contribution in [3.05, 3.63) is 0 Å². The molecule has 1 amide bonds. The molecule has 0 spiro atoms. The molecule has 0 aromatic heterocycles. The van der Waals surface area contributed by atoms with E-state index in [9.17, 15) is 4.79 Å². The number of hydrogen-bond acceptors (Lipinski definition) is 3. The van der Waals surface area contributed by atoms with Crippen LogP contribution in [-0.2, 0) is 4.79 Å². The number of thioether (sulfide) groups is 1. The fraction of sp³-hybridized carbons (Fsp3) is 0.778. The van der Waals surface area contributed by atoms with Crippen LogP contribution in [0, 0.1) is 5.41 Å². The Labute approximate surface area is 88.9 Å². The first-order valence-electron chi connectivity index (χ1n) is 4.69. The molecule has 1 aliphatic heterocycles. The highest BCUT2D eigenvalue weighted by Gasteiger charge is 2.25. The van der Waals surface area contributed by atoms with Crippen LogP contribution in [0.2, 0.25) is 0 Å². The molecule has 14 heavy (non-hydrogen) atoms. The van der Waals surface area contributed by atoms with Crippen LogP contribution in [0.15, 0.2) is 4.99 Å². The summed E-state index contributed by atoms with van der Waals surface area (Å²) < 4.78 is 0. The molecule has 4 nitrogen and oxygen atoms in total. The van der Waals surface area contributed by atoms with Gasteiger partial charge in [-0.1, -0.05) is 39.5 Å². The van der Waals surface area contributed by atoms with Gasteiger partial charge in [0.2, 0.25) is 5.17 Å². The first-order valence-corrected chi connectivity index (χ1v) is 5.57. The lowest BCUT2D eigenvalue weighted by Crippen LogP contribution is -2.25. The van der Waals surface area contributed by atoms with Gasteiger partial charge in [0.1, 0.15) is 0 Å². The molecule has 0 bridgehead atoms. The van der Waals surface area contributed by atoms with E-state index < -0.39 is 5.41 Å². The Morgan fingerprint density at radius 1 is 1.64 bits per heavy atom. The minimum Gasteiger partial charge on any atom is -0.272 e. The molecule has 1 atom stereocenters. The summed E-state index contributed by atoms with van der Waals surface area (Å²) in [4.78, 5) is 15.5. The number of nitrogens with one attached hydrogen (secondary N) is 1. The average molecular weight is 214 g/mol. The van der Waals surface area contributed by atoms with E-state index >= 15 is 0 Å². The number of hydrogen-bond donors (Lipinski definition) is 1. The third-order valence-corrected chi connectivity index (χ3v) is 2.88. The molecule has 1 radical (unpaired) electrons. The first-order chi connectivity index (χ1) is 6.43. The van der Waals surface area contributed by atoms with Crippen LogP contribution in [-0.4, -0.2) is 16.4 Å². The van der Waals surface area contributed by atoms with Gasteiger partial charge in [-0.25, -0.2) is 0 Å². The summed E-state index contributed by atoms with van der Waals surface area (Å²) in [5, 5.41) is 0.818. The van der Waals surface area contributed by atoms with Crippen molar-refractivity contribution in [2.24, 2.45) is 10.4 Å². The van der Waals surface area contributed by atoms with E-state index in [4.69, 9.17) is 0 Å². The second-order valence-corrected chi connectivity index (χ2v) is 5.38. The smallest absolute Gasteiger partial charge is 0.253 e. The zero-order chi connectivity index (χ0) is 10.8. The molecule has 1 aliphatic rings. The summed E-state index contributed by atoms with van der Waals surface area (Å²) in [7, 11) is 0. The number of carbonyl (C=O) groups excluding carboxylic acids is 1. The van der Waals surface area contributed by atoms with Crippen LogP contribution in [0.25, 0.3) is 0 Å². The molecule has 1 N–H and O–H groups in total. The quantitative estimate of drug-likeness (QED) is 0.719. The molecule has 0 saturated carbocycles. The third kappa shape index (κ3) is 2.99. The maximum atomic E-state index is 11.5. The monoisotopic (exact) mass is 214 g/mol. The standard InChI is InChI=1S/C9H16N3OS/c1-5-6-11-12-8(14-6)10-7(13)9(2,3)4/h6,11H,5H2,1-4H3. The van der Waals surface area contributed by atoms with Crippen LogP contribution in [0.4, 0.5) is 0 Å². The van der Waals surface area contributed by atoms with Gasteiger partial charge in [0.15, 0.2) is 0 Å². The van der Waals surface area contributed by atoms with Crippen molar-refractivity contribution >= 4 is 22.8 Å².